The number of nitrogens with zero attached hydrogens (tertiary/aromatic N) is 2. The third-order valence-corrected chi connectivity index (χ3v) is 2.84. The smallest absolute Gasteiger partial charge is 0.250 e. The number of rotatable bonds is 2. The molecule has 5 heteroatoms. The average Bonchev–Trinajstić information content (AvgIpc) is 2.59. The molecule has 3 N–H and O–H groups in total. The zero-order valence-electron chi connectivity index (χ0n) is 8.58. The Bertz CT molecular complexity index is 272. The Kier molecular flexibility index (Phi) is 3.09. The van der Waals surface area contributed by atoms with Crippen LogP contribution >= 0.6 is 0 Å². The first kappa shape index (κ1) is 11.0. The van der Waals surface area contributed by atoms with Crippen LogP contribution in [-0.2, 0) is 4.79 Å². The molecule has 0 aromatic heterocycles. The second-order valence-corrected chi connectivity index (χ2v) is 4.08. The predicted molar refractivity (Wildman–Crippen MR) is 51.7 cm³/mol. The van der Waals surface area contributed by atoms with Gasteiger partial charge < -0.3 is 0 Å². The highest BCUT2D eigenvalue weighted by Crippen LogP contribution is 2.29. The first-order chi connectivity index (χ1) is 6.52. The SMILES string of the molecule is CC(C(=O)NN)N1CCC(C)(C#N)C1. The molecule has 1 amide bonds. The topological polar surface area (TPSA) is 82.2 Å². The van der Waals surface area contributed by atoms with Gasteiger partial charge in [0.25, 0.3) is 5.91 Å². The van der Waals surface area contributed by atoms with Crippen LogP contribution in [0.5, 0.6) is 0 Å². The molecular formula is C9H16N4O. The van der Waals surface area contributed by atoms with E-state index in [9.17, 15) is 4.79 Å². The van der Waals surface area contributed by atoms with Crippen molar-refractivity contribution in [2.75, 3.05) is 13.1 Å². The van der Waals surface area contributed by atoms with Crippen molar-refractivity contribution in [1.82, 2.24) is 10.3 Å². The van der Waals surface area contributed by atoms with Crippen molar-refractivity contribution in [3.63, 3.8) is 0 Å². The van der Waals surface area contributed by atoms with Crippen molar-refractivity contribution in [3.8, 4) is 6.07 Å². The fourth-order valence-electron chi connectivity index (χ4n) is 1.70. The lowest BCUT2D eigenvalue weighted by atomic mass is 9.92. The van der Waals surface area contributed by atoms with Crippen LogP contribution in [0.4, 0.5) is 0 Å². The molecule has 14 heavy (non-hydrogen) atoms. The number of nitrogens with two attached hydrogens (primary N) is 1. The Hall–Kier alpha value is -1.12. The molecule has 0 radical (unpaired) electrons. The summed E-state index contributed by atoms with van der Waals surface area (Å²) in [6.45, 7) is 5.13. The highest BCUT2D eigenvalue weighted by molar-refractivity contribution is 5.80. The van der Waals surface area contributed by atoms with Crippen molar-refractivity contribution in [2.24, 2.45) is 11.3 Å². The predicted octanol–water partition coefficient (Wildman–Crippen LogP) is -0.400. The summed E-state index contributed by atoms with van der Waals surface area (Å²) in [5.41, 5.74) is 1.81. The molecule has 1 saturated heterocycles. The Balaban J connectivity index is 2.59. The van der Waals surface area contributed by atoms with Gasteiger partial charge in [-0.2, -0.15) is 5.26 Å². The summed E-state index contributed by atoms with van der Waals surface area (Å²) >= 11 is 0. The van der Waals surface area contributed by atoms with Crippen molar-refractivity contribution < 1.29 is 4.79 Å². The maximum atomic E-state index is 11.2. The summed E-state index contributed by atoms with van der Waals surface area (Å²) < 4.78 is 0. The molecule has 78 valence electrons. The molecule has 1 aliphatic rings. The van der Waals surface area contributed by atoms with Crippen molar-refractivity contribution in [1.29, 1.82) is 5.26 Å². The molecule has 2 atom stereocenters. The van der Waals surface area contributed by atoms with Crippen LogP contribution in [0.2, 0.25) is 0 Å². The van der Waals surface area contributed by atoms with E-state index in [0.717, 1.165) is 13.0 Å². The molecule has 2 unspecified atom stereocenters. The van der Waals surface area contributed by atoms with Crippen LogP contribution in [0.15, 0.2) is 0 Å². The molecule has 0 bridgehead atoms. The van der Waals surface area contributed by atoms with Crippen LogP contribution in [0.1, 0.15) is 20.3 Å². The van der Waals surface area contributed by atoms with E-state index in [4.69, 9.17) is 11.1 Å². The fraction of sp³-hybridized carbons (Fsp3) is 0.778. The van der Waals surface area contributed by atoms with Gasteiger partial charge in [0, 0.05) is 13.1 Å². The Morgan fingerprint density at radius 3 is 2.86 bits per heavy atom. The summed E-state index contributed by atoms with van der Waals surface area (Å²) in [5.74, 6) is 4.85. The minimum atomic E-state index is -0.316. The normalized spacial score (nSPS) is 29.6. The summed E-state index contributed by atoms with van der Waals surface area (Å²) in [6.07, 6.45) is 0.811. The molecule has 1 aliphatic heterocycles. The lowest BCUT2D eigenvalue weighted by Gasteiger charge is -2.23. The lowest BCUT2D eigenvalue weighted by molar-refractivity contribution is -0.125. The van der Waals surface area contributed by atoms with Crippen molar-refractivity contribution >= 4 is 5.91 Å². The first-order valence-corrected chi connectivity index (χ1v) is 4.68. The Labute approximate surface area is 83.8 Å². The average molecular weight is 196 g/mol. The summed E-state index contributed by atoms with van der Waals surface area (Å²) in [4.78, 5) is 13.2. The van der Waals surface area contributed by atoms with E-state index < -0.39 is 0 Å². The third-order valence-electron chi connectivity index (χ3n) is 2.84. The van der Waals surface area contributed by atoms with Gasteiger partial charge in [0.2, 0.25) is 0 Å². The van der Waals surface area contributed by atoms with Crippen molar-refractivity contribution in [2.45, 2.75) is 26.3 Å². The van der Waals surface area contributed by atoms with E-state index in [0.29, 0.717) is 6.54 Å². The third kappa shape index (κ3) is 2.03. The van der Waals surface area contributed by atoms with Gasteiger partial charge in [-0.1, -0.05) is 0 Å². The fourth-order valence-corrected chi connectivity index (χ4v) is 1.70. The number of hydrazine groups is 1. The number of nitrogens with one attached hydrogen (secondary N) is 1. The lowest BCUT2D eigenvalue weighted by Crippen LogP contribution is -2.47. The summed E-state index contributed by atoms with van der Waals surface area (Å²) in [7, 11) is 0. The van der Waals surface area contributed by atoms with E-state index in [1.54, 1.807) is 6.92 Å². The van der Waals surface area contributed by atoms with Crippen LogP contribution in [0, 0.1) is 16.7 Å². The highest BCUT2D eigenvalue weighted by Gasteiger charge is 2.37. The van der Waals surface area contributed by atoms with Gasteiger partial charge in [0.15, 0.2) is 0 Å². The van der Waals surface area contributed by atoms with Crippen LogP contribution < -0.4 is 11.3 Å². The van der Waals surface area contributed by atoms with Gasteiger partial charge in [-0.15, -0.1) is 0 Å². The van der Waals surface area contributed by atoms with Gasteiger partial charge in [-0.05, 0) is 20.3 Å². The molecule has 0 aliphatic carbocycles. The molecule has 5 nitrogen and oxygen atoms in total. The minimum Gasteiger partial charge on any atom is -0.293 e. The quantitative estimate of drug-likeness (QED) is 0.357. The molecule has 0 saturated carbocycles. The molecule has 0 spiro atoms. The molecule has 0 aromatic rings. The summed E-state index contributed by atoms with van der Waals surface area (Å²) in [6, 6.07) is 2.02. The molecule has 1 fully saturated rings. The van der Waals surface area contributed by atoms with Crippen LogP contribution in [0.25, 0.3) is 0 Å². The maximum absolute atomic E-state index is 11.2. The van der Waals surface area contributed by atoms with Crippen LogP contribution in [0.3, 0.4) is 0 Å². The zero-order valence-corrected chi connectivity index (χ0v) is 8.58. The molecule has 0 aromatic carbocycles. The Morgan fingerprint density at radius 2 is 2.43 bits per heavy atom. The van der Waals surface area contributed by atoms with Crippen LogP contribution in [-0.4, -0.2) is 29.9 Å². The molecular weight excluding hydrogens is 180 g/mol. The number of hydrogen-bond acceptors (Lipinski definition) is 4. The second kappa shape index (κ2) is 3.95. The number of carbonyl (C=O) groups is 1. The number of nitriles is 1. The van der Waals surface area contributed by atoms with E-state index in [-0.39, 0.29) is 17.4 Å². The maximum Gasteiger partial charge on any atom is 0.250 e. The number of hydrogen-bond donors (Lipinski definition) is 2. The zero-order chi connectivity index (χ0) is 10.8. The Morgan fingerprint density at radius 1 is 1.79 bits per heavy atom. The largest absolute Gasteiger partial charge is 0.293 e. The first-order valence-electron chi connectivity index (χ1n) is 4.68. The van der Waals surface area contributed by atoms with Crippen molar-refractivity contribution in [3.05, 3.63) is 0 Å². The van der Waals surface area contributed by atoms with E-state index in [1.807, 2.05) is 11.8 Å². The summed E-state index contributed by atoms with van der Waals surface area (Å²) in [5, 5.41) is 8.92. The van der Waals surface area contributed by atoms with Gasteiger partial charge in [0.05, 0.1) is 17.5 Å². The van der Waals surface area contributed by atoms with E-state index >= 15 is 0 Å². The van der Waals surface area contributed by atoms with E-state index in [2.05, 4.69) is 11.5 Å². The van der Waals surface area contributed by atoms with Gasteiger partial charge >= 0.3 is 0 Å². The van der Waals surface area contributed by atoms with Gasteiger partial charge in [0.1, 0.15) is 0 Å². The number of amides is 1. The minimum absolute atomic E-state index is 0.202. The number of carbonyl (C=O) groups excluding carboxylic acids is 1. The monoisotopic (exact) mass is 196 g/mol. The molecule has 1 heterocycles. The van der Waals surface area contributed by atoms with Gasteiger partial charge in [-0.3, -0.25) is 15.1 Å². The van der Waals surface area contributed by atoms with Gasteiger partial charge in [-0.25, -0.2) is 5.84 Å². The standard InChI is InChI=1S/C9H16N4O/c1-7(8(14)12-11)13-4-3-9(2,5-10)6-13/h7H,3-4,6,11H2,1-2H3,(H,12,14). The highest BCUT2D eigenvalue weighted by atomic mass is 16.2. The molecule has 1 rings (SSSR count). The number of likely N-dealkylation sites (tertiary alicyclic amines) is 1. The second-order valence-electron chi connectivity index (χ2n) is 4.08. The van der Waals surface area contributed by atoms with E-state index in [1.165, 1.54) is 0 Å².